The molecule has 0 saturated carbocycles. The molecular weight excluding hydrogens is 266 g/mol. The van der Waals surface area contributed by atoms with E-state index in [0.29, 0.717) is 0 Å². The first kappa shape index (κ1) is 10.2. The first-order valence-corrected chi connectivity index (χ1v) is 4.19. The first-order valence-electron chi connectivity index (χ1n) is 3.02. The summed E-state index contributed by atoms with van der Waals surface area (Å²) in [6, 6.07) is 0.969. The Morgan fingerprint density at radius 1 is 1.69 bits per heavy atom. The van der Waals surface area contributed by atoms with Gasteiger partial charge in [0.2, 0.25) is 0 Å². The number of nitro benzene ring substituents is 1. The quantitative estimate of drug-likeness (QED) is 0.369. The second-order valence-electron chi connectivity index (χ2n) is 2.18. The van der Waals surface area contributed by atoms with Crippen molar-refractivity contribution in [1.29, 1.82) is 0 Å². The molecule has 0 spiro atoms. The fourth-order valence-corrected chi connectivity index (χ4v) is 1.48. The lowest BCUT2D eigenvalue weighted by Gasteiger charge is -2.02. The fourth-order valence-electron chi connectivity index (χ4n) is 0.748. The number of hydrogen-bond acceptors (Lipinski definition) is 3. The van der Waals surface area contributed by atoms with Crippen molar-refractivity contribution in [1.82, 2.24) is 0 Å². The molecule has 0 saturated heterocycles. The van der Waals surface area contributed by atoms with Gasteiger partial charge in [0, 0.05) is 6.07 Å². The number of nitrogen functional groups attached to an aromatic ring is 1. The molecule has 0 aliphatic carbocycles. The van der Waals surface area contributed by atoms with E-state index in [1.807, 2.05) is 0 Å². The van der Waals surface area contributed by atoms with Gasteiger partial charge in [-0.2, -0.15) is 0 Å². The lowest BCUT2D eigenvalue weighted by molar-refractivity contribution is -0.384. The van der Waals surface area contributed by atoms with Gasteiger partial charge in [0.1, 0.15) is 10.7 Å². The number of nitrogens with two attached hydrogens (primary N) is 1. The van der Waals surface area contributed by atoms with Gasteiger partial charge >= 0.3 is 0 Å². The van der Waals surface area contributed by atoms with Crippen molar-refractivity contribution in [2.45, 2.75) is 0 Å². The molecule has 1 aromatic rings. The maximum Gasteiger partial charge on any atom is 0.295 e. The second-order valence-corrected chi connectivity index (χ2v) is 3.41. The van der Waals surface area contributed by atoms with Crippen LogP contribution in [0.15, 0.2) is 10.5 Å². The van der Waals surface area contributed by atoms with E-state index in [1.54, 1.807) is 0 Å². The Bertz CT molecular complexity index is 385. The van der Waals surface area contributed by atoms with Crippen molar-refractivity contribution in [2.24, 2.45) is 0 Å². The van der Waals surface area contributed by atoms with E-state index in [4.69, 9.17) is 17.3 Å². The summed E-state index contributed by atoms with van der Waals surface area (Å²) in [5.41, 5.74) is 4.43. The fraction of sp³-hybridized carbons (Fsp3) is 0. The van der Waals surface area contributed by atoms with Crippen LogP contribution in [0.4, 0.5) is 15.8 Å². The molecule has 0 heterocycles. The molecular formula is C6H3BrClFN2O2. The zero-order valence-electron chi connectivity index (χ0n) is 6.05. The lowest BCUT2D eigenvalue weighted by Crippen LogP contribution is -1.98. The average Bonchev–Trinajstić information content (AvgIpc) is 2.07. The van der Waals surface area contributed by atoms with Crippen LogP contribution in [0.1, 0.15) is 0 Å². The number of halogens is 3. The summed E-state index contributed by atoms with van der Waals surface area (Å²) < 4.78 is 12.9. The molecule has 1 rings (SSSR count). The van der Waals surface area contributed by atoms with Crippen molar-refractivity contribution >= 4 is 38.9 Å². The third-order valence-electron chi connectivity index (χ3n) is 1.37. The zero-order chi connectivity index (χ0) is 10.2. The number of benzene rings is 1. The summed E-state index contributed by atoms with van der Waals surface area (Å²) in [7, 11) is 0. The number of nitro groups is 1. The summed E-state index contributed by atoms with van der Waals surface area (Å²) in [6.07, 6.45) is 0. The summed E-state index contributed by atoms with van der Waals surface area (Å²) in [5.74, 6) is -0.801. The number of nitrogens with zero attached hydrogens (tertiary/aromatic N) is 1. The summed E-state index contributed by atoms with van der Waals surface area (Å²) in [5, 5.41) is 9.92. The van der Waals surface area contributed by atoms with E-state index in [0.717, 1.165) is 6.07 Å². The molecule has 7 heteroatoms. The van der Waals surface area contributed by atoms with Crippen LogP contribution in [-0.2, 0) is 0 Å². The third kappa shape index (κ3) is 1.73. The van der Waals surface area contributed by atoms with Crippen molar-refractivity contribution < 1.29 is 9.31 Å². The van der Waals surface area contributed by atoms with Crippen LogP contribution in [0.2, 0.25) is 5.02 Å². The van der Waals surface area contributed by atoms with E-state index >= 15 is 0 Å². The largest absolute Gasteiger partial charge is 0.392 e. The Morgan fingerprint density at radius 2 is 2.23 bits per heavy atom. The van der Waals surface area contributed by atoms with Gasteiger partial charge in [-0.05, 0) is 15.9 Å². The van der Waals surface area contributed by atoms with E-state index in [9.17, 15) is 14.5 Å². The average molecular weight is 269 g/mol. The van der Waals surface area contributed by atoms with Gasteiger partial charge < -0.3 is 5.73 Å². The normalized spacial score (nSPS) is 10.1. The topological polar surface area (TPSA) is 69.2 Å². The number of rotatable bonds is 1. The highest BCUT2D eigenvalue weighted by Crippen LogP contribution is 2.36. The highest BCUT2D eigenvalue weighted by molar-refractivity contribution is 9.10. The second kappa shape index (κ2) is 3.47. The molecule has 4 nitrogen and oxygen atoms in total. The standard InChI is InChI=1S/C6H3BrClFN2O2/c7-2-1-3(11(12)13)6(10)4(8)5(2)9/h1H,10H2. The Hall–Kier alpha value is -0.880. The molecule has 0 fully saturated rings. The molecule has 0 aliphatic rings. The van der Waals surface area contributed by atoms with Crippen LogP contribution in [0.5, 0.6) is 0 Å². The van der Waals surface area contributed by atoms with E-state index < -0.39 is 21.5 Å². The minimum Gasteiger partial charge on any atom is -0.392 e. The summed E-state index contributed by atoms with van der Waals surface area (Å²) in [4.78, 5) is 9.63. The molecule has 70 valence electrons. The van der Waals surface area contributed by atoms with Gasteiger partial charge in [-0.1, -0.05) is 11.6 Å². The molecule has 0 amide bonds. The molecule has 0 aromatic heterocycles. The van der Waals surface area contributed by atoms with Gasteiger partial charge in [-0.15, -0.1) is 0 Å². The predicted octanol–water partition coefficient (Wildman–Crippen LogP) is 2.73. The van der Waals surface area contributed by atoms with Crippen molar-refractivity contribution in [3.63, 3.8) is 0 Å². The molecule has 0 radical (unpaired) electrons. The van der Waals surface area contributed by atoms with Gasteiger partial charge in [0.25, 0.3) is 5.69 Å². The van der Waals surface area contributed by atoms with Crippen LogP contribution in [0.3, 0.4) is 0 Å². The van der Waals surface area contributed by atoms with E-state index in [2.05, 4.69) is 15.9 Å². The van der Waals surface area contributed by atoms with E-state index in [-0.39, 0.29) is 10.2 Å². The monoisotopic (exact) mass is 268 g/mol. The molecule has 13 heavy (non-hydrogen) atoms. The maximum absolute atomic E-state index is 13.0. The van der Waals surface area contributed by atoms with Crippen LogP contribution in [-0.4, -0.2) is 4.92 Å². The molecule has 2 N–H and O–H groups in total. The van der Waals surface area contributed by atoms with Crippen molar-refractivity contribution in [3.8, 4) is 0 Å². The van der Waals surface area contributed by atoms with Crippen LogP contribution >= 0.6 is 27.5 Å². The van der Waals surface area contributed by atoms with Gasteiger partial charge in [0.05, 0.1) is 9.40 Å². The smallest absolute Gasteiger partial charge is 0.295 e. The first-order chi connectivity index (χ1) is 5.95. The Labute approximate surface area is 85.8 Å². The zero-order valence-corrected chi connectivity index (χ0v) is 8.39. The minimum atomic E-state index is -0.801. The molecule has 0 unspecified atom stereocenters. The lowest BCUT2D eigenvalue weighted by atomic mass is 10.2. The summed E-state index contributed by atoms with van der Waals surface area (Å²) >= 11 is 8.18. The Balaban J connectivity index is 3.50. The molecule has 0 bridgehead atoms. The van der Waals surface area contributed by atoms with Crippen molar-refractivity contribution in [2.75, 3.05) is 5.73 Å². The van der Waals surface area contributed by atoms with Crippen molar-refractivity contribution in [3.05, 3.63) is 31.5 Å². The maximum atomic E-state index is 13.0. The molecule has 1 aromatic carbocycles. The third-order valence-corrected chi connectivity index (χ3v) is 2.32. The highest BCUT2D eigenvalue weighted by Gasteiger charge is 2.20. The van der Waals surface area contributed by atoms with Crippen LogP contribution in [0.25, 0.3) is 0 Å². The van der Waals surface area contributed by atoms with E-state index in [1.165, 1.54) is 0 Å². The number of anilines is 1. The highest BCUT2D eigenvalue weighted by atomic mass is 79.9. The summed E-state index contributed by atoms with van der Waals surface area (Å²) in [6.45, 7) is 0. The molecule has 0 atom stereocenters. The van der Waals surface area contributed by atoms with Gasteiger partial charge in [0.15, 0.2) is 5.82 Å². The van der Waals surface area contributed by atoms with Crippen LogP contribution in [0, 0.1) is 15.9 Å². The Kier molecular flexibility index (Phi) is 2.72. The molecule has 0 aliphatic heterocycles. The Morgan fingerprint density at radius 3 is 2.69 bits per heavy atom. The SMILES string of the molecule is Nc1c([N+](=O)[O-])cc(Br)c(F)c1Cl. The minimum absolute atomic E-state index is 0.0848. The number of hydrogen-bond donors (Lipinski definition) is 1. The van der Waals surface area contributed by atoms with Gasteiger partial charge in [-0.25, -0.2) is 4.39 Å². The van der Waals surface area contributed by atoms with Gasteiger partial charge in [-0.3, -0.25) is 10.1 Å². The van der Waals surface area contributed by atoms with Crippen LogP contribution < -0.4 is 5.73 Å². The predicted molar refractivity (Wildman–Crippen MR) is 50.2 cm³/mol.